The van der Waals surface area contributed by atoms with Gasteiger partial charge in [-0.05, 0) is 37.0 Å². The topological polar surface area (TPSA) is 138 Å². The van der Waals surface area contributed by atoms with Gasteiger partial charge in [0.05, 0.1) is 19.3 Å². The van der Waals surface area contributed by atoms with Crippen LogP contribution in [-0.4, -0.2) is 77.5 Å². The molecule has 5 rings (SSSR count). The van der Waals surface area contributed by atoms with E-state index >= 15 is 0 Å². The van der Waals surface area contributed by atoms with Crippen LogP contribution < -0.4 is 10.1 Å². The molecular weight excluding hydrogens is 456 g/mol. The number of nitrogens with zero attached hydrogens (tertiary/aromatic N) is 5. The molecule has 34 heavy (non-hydrogen) atoms. The van der Waals surface area contributed by atoms with E-state index in [1.165, 1.54) is 10.2 Å². The van der Waals surface area contributed by atoms with Gasteiger partial charge in [-0.3, -0.25) is 0 Å². The number of ether oxygens (including phenoxy) is 1. The quantitative estimate of drug-likeness (QED) is 0.276. The number of aryl methyl sites for hydroxylation is 1. The molecule has 2 heterocycles. The van der Waals surface area contributed by atoms with Crippen molar-refractivity contribution in [2.45, 2.75) is 74.6 Å². The summed E-state index contributed by atoms with van der Waals surface area (Å²) in [7, 11) is 1.68. The van der Waals surface area contributed by atoms with E-state index in [2.05, 4.69) is 45.7 Å². The molecule has 0 amide bonds. The smallest absolute Gasteiger partial charge is 0.191 e. The van der Waals surface area contributed by atoms with Crippen molar-refractivity contribution in [2.24, 2.45) is 0 Å². The van der Waals surface area contributed by atoms with Crippen LogP contribution in [0.5, 0.6) is 5.75 Å². The first-order chi connectivity index (χ1) is 16.4. The van der Waals surface area contributed by atoms with Gasteiger partial charge in [0.25, 0.3) is 0 Å². The van der Waals surface area contributed by atoms with Crippen LogP contribution in [0.1, 0.15) is 49.3 Å². The normalized spacial score (nSPS) is 28.4. The summed E-state index contributed by atoms with van der Waals surface area (Å²) in [4.78, 5) is 9.38. The van der Waals surface area contributed by atoms with Crippen LogP contribution >= 0.6 is 11.8 Å². The van der Waals surface area contributed by atoms with Crippen LogP contribution in [0, 0.1) is 6.92 Å². The van der Waals surface area contributed by atoms with Crippen molar-refractivity contribution in [3.8, 4) is 5.75 Å². The van der Waals surface area contributed by atoms with Crippen molar-refractivity contribution in [1.82, 2.24) is 25.0 Å². The standard InChI is InChI=1S/C23H30N6O4S/c1-4-7-34-23-25-21(24-14-9-13(14)12-6-5-11(2)17(8-12)33-3)18-22(26-23)29(28-27-18)15-10-16(30)20(32)19(15)31/h5-6,8,13-16,19-20,30-32H,4,7,9-10H2,1-3H3,(H,24,25,26). The number of hydrogen-bond acceptors (Lipinski definition) is 10. The SMILES string of the molecule is CCCSc1nc(NC2CC2c2ccc(C)c(OC)c2)c2nnn(C3CC(O)C(O)C3O)c2n1. The lowest BCUT2D eigenvalue weighted by Gasteiger charge is -2.16. The fourth-order valence-electron chi connectivity index (χ4n) is 4.58. The molecule has 2 aliphatic rings. The Morgan fingerprint density at radius 1 is 1.18 bits per heavy atom. The highest BCUT2D eigenvalue weighted by molar-refractivity contribution is 7.99. The van der Waals surface area contributed by atoms with Crippen molar-refractivity contribution in [2.75, 3.05) is 18.2 Å². The molecule has 182 valence electrons. The molecule has 6 unspecified atom stereocenters. The maximum atomic E-state index is 10.4. The number of benzene rings is 1. The molecule has 2 aromatic heterocycles. The fourth-order valence-corrected chi connectivity index (χ4v) is 5.28. The Morgan fingerprint density at radius 2 is 2.00 bits per heavy atom. The third-order valence-corrected chi connectivity index (χ3v) is 7.70. The van der Waals surface area contributed by atoms with Gasteiger partial charge in [0.15, 0.2) is 22.1 Å². The molecule has 0 aliphatic heterocycles. The van der Waals surface area contributed by atoms with Gasteiger partial charge in [0, 0.05) is 24.1 Å². The molecule has 2 aliphatic carbocycles. The van der Waals surface area contributed by atoms with E-state index < -0.39 is 24.4 Å². The number of aliphatic hydroxyl groups is 3. The highest BCUT2D eigenvalue weighted by Crippen LogP contribution is 2.44. The van der Waals surface area contributed by atoms with E-state index in [9.17, 15) is 15.3 Å². The minimum absolute atomic E-state index is 0.172. The third kappa shape index (κ3) is 4.21. The summed E-state index contributed by atoms with van der Waals surface area (Å²) >= 11 is 1.55. The molecular formula is C23H30N6O4S. The Labute approximate surface area is 201 Å². The Kier molecular flexibility index (Phi) is 6.36. The van der Waals surface area contributed by atoms with E-state index in [0.717, 1.165) is 29.9 Å². The lowest BCUT2D eigenvalue weighted by molar-refractivity contribution is -0.0253. The lowest BCUT2D eigenvalue weighted by atomic mass is 10.1. The first-order valence-electron chi connectivity index (χ1n) is 11.6. The molecule has 0 bridgehead atoms. The number of aromatic nitrogens is 5. The summed E-state index contributed by atoms with van der Waals surface area (Å²) in [6, 6.07) is 5.88. The van der Waals surface area contributed by atoms with Crippen molar-refractivity contribution in [1.29, 1.82) is 0 Å². The average molecular weight is 487 g/mol. The molecule has 4 N–H and O–H groups in total. The fraction of sp³-hybridized carbons (Fsp3) is 0.565. The maximum absolute atomic E-state index is 10.4. The van der Waals surface area contributed by atoms with Crippen LogP contribution in [0.25, 0.3) is 11.2 Å². The molecule has 2 saturated carbocycles. The first kappa shape index (κ1) is 23.3. The first-order valence-corrected chi connectivity index (χ1v) is 12.6. The summed E-state index contributed by atoms with van der Waals surface area (Å²) in [6.45, 7) is 4.12. The molecule has 0 saturated heterocycles. The molecule has 1 aromatic carbocycles. The average Bonchev–Trinajstić information content (AvgIpc) is 3.39. The zero-order valence-corrected chi connectivity index (χ0v) is 20.2. The van der Waals surface area contributed by atoms with E-state index in [1.54, 1.807) is 18.9 Å². The molecule has 11 heteroatoms. The zero-order chi connectivity index (χ0) is 24.0. The summed E-state index contributed by atoms with van der Waals surface area (Å²) < 4.78 is 6.99. The monoisotopic (exact) mass is 486 g/mol. The maximum Gasteiger partial charge on any atom is 0.191 e. The van der Waals surface area contributed by atoms with E-state index in [1.807, 2.05) is 6.92 Å². The number of methoxy groups -OCH3 is 1. The minimum atomic E-state index is -1.23. The van der Waals surface area contributed by atoms with Crippen LogP contribution in [0.15, 0.2) is 23.4 Å². The zero-order valence-electron chi connectivity index (χ0n) is 19.4. The van der Waals surface area contributed by atoms with Crippen molar-refractivity contribution < 1.29 is 20.1 Å². The highest BCUT2D eigenvalue weighted by atomic mass is 32.2. The predicted octanol–water partition coefficient (Wildman–Crippen LogP) is 2.04. The van der Waals surface area contributed by atoms with Gasteiger partial charge in [-0.2, -0.15) is 0 Å². The largest absolute Gasteiger partial charge is 0.496 e. The Balaban J connectivity index is 1.44. The second-order valence-electron chi connectivity index (χ2n) is 9.08. The van der Waals surface area contributed by atoms with Gasteiger partial charge in [-0.25, -0.2) is 14.6 Å². The summed E-state index contributed by atoms with van der Waals surface area (Å²) in [5, 5.41) is 43.2. The van der Waals surface area contributed by atoms with E-state index in [-0.39, 0.29) is 12.5 Å². The second-order valence-corrected chi connectivity index (χ2v) is 10.1. The van der Waals surface area contributed by atoms with Gasteiger partial charge in [-0.1, -0.05) is 36.0 Å². The molecule has 6 atom stereocenters. The number of nitrogens with one attached hydrogen (secondary N) is 1. The van der Waals surface area contributed by atoms with Crippen LogP contribution in [-0.2, 0) is 0 Å². The van der Waals surface area contributed by atoms with Gasteiger partial charge >= 0.3 is 0 Å². The van der Waals surface area contributed by atoms with Crippen LogP contribution in [0.3, 0.4) is 0 Å². The second kappa shape index (κ2) is 9.29. The molecule has 3 aromatic rings. The Hall–Kier alpha value is -2.47. The lowest BCUT2D eigenvalue weighted by Crippen LogP contribution is -2.31. The van der Waals surface area contributed by atoms with E-state index in [4.69, 9.17) is 9.72 Å². The van der Waals surface area contributed by atoms with Crippen LogP contribution in [0.4, 0.5) is 5.82 Å². The Bertz CT molecular complexity index is 1190. The minimum Gasteiger partial charge on any atom is -0.496 e. The summed E-state index contributed by atoms with van der Waals surface area (Å²) in [5.74, 6) is 2.69. The number of anilines is 1. The molecule has 0 radical (unpaired) electrons. The van der Waals surface area contributed by atoms with Crippen molar-refractivity contribution >= 4 is 28.7 Å². The molecule has 10 nitrogen and oxygen atoms in total. The number of aliphatic hydroxyl groups excluding tert-OH is 3. The Morgan fingerprint density at radius 3 is 2.71 bits per heavy atom. The van der Waals surface area contributed by atoms with Crippen molar-refractivity contribution in [3.63, 3.8) is 0 Å². The van der Waals surface area contributed by atoms with Gasteiger partial charge < -0.3 is 25.4 Å². The number of rotatable bonds is 8. The summed E-state index contributed by atoms with van der Waals surface area (Å²) in [6.07, 6.45) is -1.29. The number of thioether (sulfide) groups is 1. The molecule has 2 fully saturated rings. The number of fused-ring (bicyclic) bond motifs is 1. The van der Waals surface area contributed by atoms with Crippen molar-refractivity contribution in [3.05, 3.63) is 29.3 Å². The summed E-state index contributed by atoms with van der Waals surface area (Å²) in [5.41, 5.74) is 3.31. The highest BCUT2D eigenvalue weighted by Gasteiger charge is 2.44. The molecule has 0 spiro atoms. The van der Waals surface area contributed by atoms with E-state index in [0.29, 0.717) is 28.1 Å². The third-order valence-electron chi connectivity index (χ3n) is 6.65. The predicted molar refractivity (Wildman–Crippen MR) is 128 cm³/mol. The van der Waals surface area contributed by atoms with Gasteiger partial charge in [0.2, 0.25) is 0 Å². The van der Waals surface area contributed by atoms with Crippen LogP contribution in [0.2, 0.25) is 0 Å². The van der Waals surface area contributed by atoms with Gasteiger partial charge in [-0.15, -0.1) is 5.10 Å². The van der Waals surface area contributed by atoms with Gasteiger partial charge in [0.1, 0.15) is 18.0 Å². The number of hydrogen-bond donors (Lipinski definition) is 4.